The summed E-state index contributed by atoms with van der Waals surface area (Å²) in [7, 11) is 0. The molecule has 1 saturated heterocycles. The Kier molecular flexibility index (Phi) is 36.9. The molecule has 6 N–H and O–H groups in total. The molecule has 12 heteroatoms. The molecule has 0 aromatic carbocycles. The van der Waals surface area contributed by atoms with E-state index >= 15 is 0 Å². The van der Waals surface area contributed by atoms with E-state index in [-0.39, 0.29) is 19.1 Å². The number of aliphatic hydroxyl groups excluding tert-OH is 5. The zero-order valence-corrected chi connectivity index (χ0v) is 41.2. The molecule has 1 aromatic heterocycles. The molecule has 376 valence electrons. The third kappa shape index (κ3) is 29.2. The molecular weight excluding hydrogens is 809 g/mol. The van der Waals surface area contributed by atoms with Crippen LogP contribution in [0.5, 0.6) is 0 Å². The van der Waals surface area contributed by atoms with E-state index in [1.54, 1.807) is 6.20 Å². The van der Waals surface area contributed by atoms with E-state index in [9.17, 15) is 30.3 Å². The van der Waals surface area contributed by atoms with Crippen molar-refractivity contribution in [2.75, 3.05) is 6.61 Å². The summed E-state index contributed by atoms with van der Waals surface area (Å²) in [6.07, 6.45) is 39.1. The van der Waals surface area contributed by atoms with Crippen molar-refractivity contribution >= 4 is 5.91 Å². The molecule has 64 heavy (non-hydrogen) atoms. The number of carbonyl (C=O) groups is 1. The maximum Gasteiger partial charge on any atom is 0.220 e. The molecule has 0 saturated carbocycles. The van der Waals surface area contributed by atoms with Crippen LogP contribution < -0.4 is 5.32 Å². The van der Waals surface area contributed by atoms with Crippen molar-refractivity contribution in [3.63, 3.8) is 0 Å². The van der Waals surface area contributed by atoms with E-state index in [0.29, 0.717) is 12.8 Å². The number of unbranched alkanes of at least 4 members (excludes halogenated alkanes) is 33. The SMILES string of the molecule is CCCCCCCCCCCCCCCCCCCCCCCCCC(=O)N[C@@H](CO[C@H]1O[C@H](Cn2ccnn2)[C@H](O)[C@H](O)[C@H]1O)[C@H](O)[C@H](O)CCCCCCCCCCCCCC. The van der Waals surface area contributed by atoms with Gasteiger partial charge in [-0.25, -0.2) is 4.68 Å². The molecule has 0 bridgehead atoms. The van der Waals surface area contributed by atoms with Gasteiger partial charge in [0.2, 0.25) is 5.91 Å². The lowest BCUT2D eigenvalue weighted by atomic mass is 9.98. The molecule has 1 aliphatic rings. The van der Waals surface area contributed by atoms with E-state index in [4.69, 9.17) is 9.47 Å². The Morgan fingerprint density at radius 1 is 0.594 bits per heavy atom. The smallest absolute Gasteiger partial charge is 0.220 e. The second kappa shape index (κ2) is 40.4. The zero-order chi connectivity index (χ0) is 46.3. The van der Waals surface area contributed by atoms with Crippen LogP contribution in [-0.4, -0.2) is 102 Å². The second-order valence-electron chi connectivity index (χ2n) is 19.4. The molecule has 1 amide bonds. The molecule has 1 aliphatic heterocycles. The maximum absolute atomic E-state index is 13.2. The summed E-state index contributed by atoms with van der Waals surface area (Å²) in [6, 6.07) is -0.974. The Labute approximate surface area is 390 Å². The number of ether oxygens (including phenoxy) is 2. The van der Waals surface area contributed by atoms with Gasteiger partial charge in [0.05, 0.1) is 31.5 Å². The predicted octanol–water partition coefficient (Wildman–Crippen LogP) is 10.8. The minimum atomic E-state index is -1.57. The van der Waals surface area contributed by atoms with Crippen molar-refractivity contribution in [3.8, 4) is 0 Å². The van der Waals surface area contributed by atoms with Crippen LogP contribution in [0.3, 0.4) is 0 Å². The number of nitrogens with one attached hydrogen (secondary N) is 1. The summed E-state index contributed by atoms with van der Waals surface area (Å²) in [5.41, 5.74) is 0. The van der Waals surface area contributed by atoms with Crippen LogP contribution in [0.15, 0.2) is 12.4 Å². The molecule has 1 aromatic rings. The van der Waals surface area contributed by atoms with Gasteiger partial charge in [-0.3, -0.25) is 4.79 Å². The van der Waals surface area contributed by atoms with E-state index in [2.05, 4.69) is 29.5 Å². The lowest BCUT2D eigenvalue weighted by molar-refractivity contribution is -0.301. The quantitative estimate of drug-likeness (QED) is 0.0345. The fourth-order valence-corrected chi connectivity index (χ4v) is 9.13. The van der Waals surface area contributed by atoms with Gasteiger partial charge in [0.25, 0.3) is 0 Å². The maximum atomic E-state index is 13.2. The number of aliphatic hydroxyl groups is 5. The highest BCUT2D eigenvalue weighted by Crippen LogP contribution is 2.24. The van der Waals surface area contributed by atoms with E-state index in [0.717, 1.165) is 38.5 Å². The predicted molar refractivity (Wildman–Crippen MR) is 259 cm³/mol. The lowest BCUT2D eigenvalue weighted by Gasteiger charge is -2.40. The molecule has 0 unspecified atom stereocenters. The van der Waals surface area contributed by atoms with Gasteiger partial charge in [-0.1, -0.05) is 237 Å². The average molecular weight is 909 g/mol. The average Bonchev–Trinajstić information content (AvgIpc) is 3.81. The molecule has 0 aliphatic carbocycles. The molecule has 2 rings (SSSR count). The molecule has 12 nitrogen and oxygen atoms in total. The van der Waals surface area contributed by atoms with E-state index in [1.807, 2.05) is 0 Å². The lowest BCUT2D eigenvalue weighted by Crippen LogP contribution is -2.60. The van der Waals surface area contributed by atoms with Crippen LogP contribution in [0, 0.1) is 0 Å². The molecule has 8 atom stereocenters. The third-order valence-corrected chi connectivity index (χ3v) is 13.5. The van der Waals surface area contributed by atoms with Gasteiger partial charge < -0.3 is 40.3 Å². The van der Waals surface area contributed by atoms with Crippen LogP contribution in [0.4, 0.5) is 0 Å². The van der Waals surface area contributed by atoms with Gasteiger partial charge in [0.15, 0.2) is 6.29 Å². The Balaban J connectivity index is 1.64. The van der Waals surface area contributed by atoms with E-state index < -0.39 is 49.0 Å². The molecule has 2 heterocycles. The summed E-state index contributed by atoms with van der Waals surface area (Å²) in [5.74, 6) is -0.238. The van der Waals surface area contributed by atoms with Crippen LogP contribution in [0.1, 0.15) is 251 Å². The number of hydrogen-bond acceptors (Lipinski definition) is 10. The minimum Gasteiger partial charge on any atom is -0.390 e. The first-order chi connectivity index (χ1) is 31.3. The van der Waals surface area contributed by atoms with Crippen LogP contribution in [0.25, 0.3) is 0 Å². The van der Waals surface area contributed by atoms with Crippen molar-refractivity contribution in [1.82, 2.24) is 20.3 Å². The highest BCUT2D eigenvalue weighted by Gasteiger charge is 2.45. The Hall–Kier alpha value is -1.67. The van der Waals surface area contributed by atoms with Gasteiger partial charge in [0, 0.05) is 12.6 Å². The first-order valence-electron chi connectivity index (χ1n) is 27.1. The number of amides is 1. The fourth-order valence-electron chi connectivity index (χ4n) is 9.13. The molecule has 0 radical (unpaired) electrons. The number of rotatable bonds is 45. The normalized spacial score (nSPS) is 20.4. The Bertz CT molecular complexity index is 1160. The third-order valence-electron chi connectivity index (χ3n) is 13.5. The van der Waals surface area contributed by atoms with Crippen LogP contribution in [0.2, 0.25) is 0 Å². The van der Waals surface area contributed by atoms with Gasteiger partial charge >= 0.3 is 0 Å². The molecule has 1 fully saturated rings. The summed E-state index contributed by atoms with van der Waals surface area (Å²) in [5, 5.41) is 64.8. The van der Waals surface area contributed by atoms with Gasteiger partial charge in [0.1, 0.15) is 30.5 Å². The zero-order valence-electron chi connectivity index (χ0n) is 41.2. The molecule has 0 spiro atoms. The van der Waals surface area contributed by atoms with E-state index in [1.165, 1.54) is 197 Å². The number of aromatic nitrogens is 3. The Morgan fingerprint density at radius 2 is 1.00 bits per heavy atom. The number of hydrogen-bond donors (Lipinski definition) is 6. The highest BCUT2D eigenvalue weighted by atomic mass is 16.7. The standard InChI is InChI=1S/C52H100N4O8/c1-3-5-7-9-11-13-15-17-18-19-20-21-22-23-24-25-26-27-29-31-33-35-37-39-47(58)54-44(48(59)45(57)38-36-34-32-30-28-16-14-12-10-8-6-4-2)43-63-52-51(62)50(61)49(60)46(64-52)42-56-41-40-53-55-56/h40-41,44-46,48-52,57,59-62H,3-39,42-43H2,1-2H3,(H,54,58)/t44-,45+,46+,48-,49-,50-,51+,52-/m0/s1. The topological polar surface area (TPSA) is 179 Å². The minimum absolute atomic E-state index is 0.0604. The summed E-state index contributed by atoms with van der Waals surface area (Å²) >= 11 is 0. The summed E-state index contributed by atoms with van der Waals surface area (Å²) < 4.78 is 13.2. The van der Waals surface area contributed by atoms with Crippen molar-refractivity contribution < 1.29 is 39.8 Å². The van der Waals surface area contributed by atoms with Crippen molar-refractivity contribution in [2.24, 2.45) is 0 Å². The number of carbonyl (C=O) groups excluding carboxylic acids is 1. The number of nitrogens with zero attached hydrogens (tertiary/aromatic N) is 3. The fraction of sp³-hybridized carbons (Fsp3) is 0.942. The van der Waals surface area contributed by atoms with Crippen molar-refractivity contribution in [1.29, 1.82) is 0 Å². The second-order valence-corrected chi connectivity index (χ2v) is 19.4. The van der Waals surface area contributed by atoms with Gasteiger partial charge in [-0.2, -0.15) is 0 Å². The van der Waals surface area contributed by atoms with Crippen molar-refractivity contribution in [3.05, 3.63) is 12.4 Å². The molecular formula is C52H100N4O8. The van der Waals surface area contributed by atoms with Gasteiger partial charge in [-0.15, -0.1) is 5.10 Å². The first-order valence-corrected chi connectivity index (χ1v) is 27.1. The Morgan fingerprint density at radius 3 is 1.41 bits per heavy atom. The first kappa shape index (κ1) is 58.5. The largest absolute Gasteiger partial charge is 0.390 e. The summed E-state index contributed by atoms with van der Waals surface area (Å²) in [6.45, 7) is 4.31. The van der Waals surface area contributed by atoms with Crippen LogP contribution in [-0.2, 0) is 20.8 Å². The monoisotopic (exact) mass is 909 g/mol. The van der Waals surface area contributed by atoms with Gasteiger partial charge in [-0.05, 0) is 12.8 Å². The highest BCUT2D eigenvalue weighted by molar-refractivity contribution is 5.76. The summed E-state index contributed by atoms with van der Waals surface area (Å²) in [4.78, 5) is 13.2. The van der Waals surface area contributed by atoms with Crippen molar-refractivity contribution in [2.45, 2.75) is 307 Å². The van der Waals surface area contributed by atoms with Crippen LogP contribution >= 0.6 is 0 Å².